The van der Waals surface area contributed by atoms with Gasteiger partial charge in [0.1, 0.15) is 77.3 Å². The summed E-state index contributed by atoms with van der Waals surface area (Å²) in [6.45, 7) is 12.0. The smallest absolute Gasteiger partial charge is 0.132 e. The predicted molar refractivity (Wildman–Crippen MR) is 402 cm³/mol. The topological polar surface area (TPSA) is 135 Å². The Kier molecular flexibility index (Phi) is 18.4. The van der Waals surface area contributed by atoms with Crippen molar-refractivity contribution in [2.24, 2.45) is 0 Å². The van der Waals surface area contributed by atoms with Crippen LogP contribution in [0.1, 0.15) is 118 Å². The quantitative estimate of drug-likeness (QED) is 0.0804. The largest absolute Gasteiger partial charge is 0.497 e. The summed E-state index contributed by atoms with van der Waals surface area (Å²) in [6.07, 6.45) is 1.91. The fraction of sp³-hybridized carbons (Fsp3) is 0.236. The minimum atomic E-state index is -0.875. The van der Waals surface area contributed by atoms with Crippen LogP contribution >= 0.6 is 0 Å². The van der Waals surface area contributed by atoms with Gasteiger partial charge in [0.05, 0.1) is 38.1 Å². The molecule has 13 aromatic carbocycles. The van der Waals surface area contributed by atoms with Crippen LogP contribution in [0.25, 0.3) is 65.0 Å². The molecule has 2 heterocycles. The lowest BCUT2D eigenvalue weighted by molar-refractivity contribution is 0.00828. The molecule has 16 rings (SSSR count). The van der Waals surface area contributed by atoms with Gasteiger partial charge in [-0.3, -0.25) is 0 Å². The molecule has 0 saturated carbocycles. The van der Waals surface area contributed by atoms with Crippen molar-refractivity contribution in [1.29, 1.82) is 0 Å². The number of rotatable bonds is 17. The van der Waals surface area contributed by atoms with Crippen molar-refractivity contribution in [2.75, 3.05) is 41.2 Å². The summed E-state index contributed by atoms with van der Waals surface area (Å²) in [7, 11) is 5.06. The molecule has 100 heavy (non-hydrogen) atoms. The highest BCUT2D eigenvalue weighted by molar-refractivity contribution is 5.98. The highest BCUT2D eigenvalue weighted by Crippen LogP contribution is 2.61. The fourth-order valence-electron chi connectivity index (χ4n) is 14.1. The first-order valence-corrected chi connectivity index (χ1v) is 34.5. The molecule has 0 bridgehead atoms. The highest BCUT2D eigenvalue weighted by Gasteiger charge is 2.42. The number of ether oxygens (including phenoxy) is 8. The third kappa shape index (κ3) is 13.2. The summed E-state index contributed by atoms with van der Waals surface area (Å²) in [4.78, 5) is 0. The van der Waals surface area contributed by atoms with E-state index < -0.39 is 16.8 Å². The van der Waals surface area contributed by atoms with E-state index in [-0.39, 0.29) is 31.0 Å². The van der Waals surface area contributed by atoms with E-state index in [2.05, 4.69) is 170 Å². The Morgan fingerprint density at radius 1 is 0.320 bits per heavy atom. The third-order valence-electron chi connectivity index (χ3n) is 20.4. The zero-order valence-electron chi connectivity index (χ0n) is 58.1. The van der Waals surface area contributed by atoms with Crippen LogP contribution in [0, 0.1) is 0 Å². The molecule has 0 fully saturated rings. The fourth-order valence-corrected chi connectivity index (χ4v) is 14.1. The van der Waals surface area contributed by atoms with Crippen molar-refractivity contribution in [3.8, 4) is 68.6 Å². The van der Waals surface area contributed by atoms with Gasteiger partial charge < -0.3 is 53.2 Å². The van der Waals surface area contributed by atoms with E-state index in [1.54, 1.807) is 42.1 Å². The SMILES string of the molecule is CCC(C)(O)COc1ccc2c3c(ccc2c1)Oc1ccc2cc(OC)ccc2c1C3C1c2ccccc2-c2ccccc21.CCC(C)(O)COc1ccc2c3c(ccc2c1)Oc1ccc2cc(OC)ccc2c1C3c1ccccc1.CCC(C)(O)COc1ccc2cc(OC)ccc2c1. The van der Waals surface area contributed by atoms with Crippen molar-refractivity contribution in [3.63, 3.8) is 0 Å². The van der Waals surface area contributed by atoms with Crippen molar-refractivity contribution >= 4 is 53.9 Å². The second-order valence-corrected chi connectivity index (χ2v) is 27.3. The second kappa shape index (κ2) is 27.6. The molecule has 3 aliphatic rings. The minimum Gasteiger partial charge on any atom is -0.497 e. The molecule has 5 unspecified atom stereocenters. The monoisotopic (exact) mass is 1330 g/mol. The Bertz CT molecular complexity index is 5140. The van der Waals surface area contributed by atoms with E-state index in [0.29, 0.717) is 25.9 Å². The summed E-state index contributed by atoms with van der Waals surface area (Å²) in [5.74, 6) is 8.36. The average molecular weight is 1330 g/mol. The molecule has 0 saturated heterocycles. The Hall–Kier alpha value is -10.6. The van der Waals surface area contributed by atoms with Crippen LogP contribution in [0.5, 0.6) is 57.5 Å². The maximum absolute atomic E-state index is 10.5. The van der Waals surface area contributed by atoms with E-state index in [0.717, 1.165) is 117 Å². The van der Waals surface area contributed by atoms with E-state index in [1.165, 1.54) is 44.3 Å². The lowest BCUT2D eigenvalue weighted by Crippen LogP contribution is -2.31. The average Bonchev–Trinajstić information content (AvgIpc) is 1.36. The van der Waals surface area contributed by atoms with E-state index in [9.17, 15) is 15.3 Å². The first-order valence-electron chi connectivity index (χ1n) is 34.5. The maximum Gasteiger partial charge on any atom is 0.132 e. The zero-order chi connectivity index (χ0) is 69.5. The van der Waals surface area contributed by atoms with Crippen LogP contribution in [-0.4, -0.2) is 73.3 Å². The number of fused-ring (bicyclic) bond motifs is 16. The van der Waals surface area contributed by atoms with Gasteiger partial charge in [0, 0.05) is 40.0 Å². The number of benzene rings is 13. The maximum atomic E-state index is 10.5. The van der Waals surface area contributed by atoms with Gasteiger partial charge in [0.15, 0.2) is 0 Å². The lowest BCUT2D eigenvalue weighted by atomic mass is 9.72. The number of aliphatic hydroxyl groups is 3. The molecule has 1 aliphatic carbocycles. The Morgan fingerprint density at radius 2 is 0.620 bits per heavy atom. The molecule has 11 nitrogen and oxygen atoms in total. The van der Waals surface area contributed by atoms with Gasteiger partial charge in [-0.05, 0) is 219 Å². The van der Waals surface area contributed by atoms with Gasteiger partial charge in [-0.15, -0.1) is 0 Å². The molecular formula is C89H84O11. The molecule has 0 spiro atoms. The van der Waals surface area contributed by atoms with Crippen LogP contribution in [0.15, 0.2) is 237 Å². The van der Waals surface area contributed by atoms with Crippen LogP contribution in [0.4, 0.5) is 0 Å². The lowest BCUT2D eigenvalue weighted by Gasteiger charge is -2.35. The molecule has 2 aliphatic heterocycles. The van der Waals surface area contributed by atoms with Gasteiger partial charge in [-0.25, -0.2) is 0 Å². The second-order valence-electron chi connectivity index (χ2n) is 27.3. The summed E-state index contributed by atoms with van der Waals surface area (Å²) in [5, 5.41) is 42.0. The van der Waals surface area contributed by atoms with Crippen molar-refractivity contribution in [1.82, 2.24) is 0 Å². The molecule has 13 aromatic rings. The predicted octanol–water partition coefficient (Wildman–Crippen LogP) is 20.8. The summed E-state index contributed by atoms with van der Waals surface area (Å²) in [5.41, 5.74) is 8.64. The molecule has 506 valence electrons. The van der Waals surface area contributed by atoms with Gasteiger partial charge in [0.2, 0.25) is 0 Å². The highest BCUT2D eigenvalue weighted by atomic mass is 16.5. The van der Waals surface area contributed by atoms with Crippen LogP contribution in [-0.2, 0) is 0 Å². The Balaban J connectivity index is 0.000000137. The van der Waals surface area contributed by atoms with E-state index in [1.807, 2.05) is 87.5 Å². The normalized spacial score (nSPS) is 15.8. The summed E-state index contributed by atoms with van der Waals surface area (Å²) >= 11 is 0. The first-order chi connectivity index (χ1) is 48.5. The van der Waals surface area contributed by atoms with Crippen molar-refractivity contribution < 1.29 is 53.2 Å². The molecule has 0 aromatic heterocycles. The molecule has 11 heteroatoms. The van der Waals surface area contributed by atoms with Crippen LogP contribution < -0.4 is 37.9 Å². The Morgan fingerprint density at radius 3 is 1.01 bits per heavy atom. The summed E-state index contributed by atoms with van der Waals surface area (Å²) in [6, 6.07) is 81.8. The van der Waals surface area contributed by atoms with E-state index in [4.69, 9.17) is 37.9 Å². The van der Waals surface area contributed by atoms with Gasteiger partial charge >= 0.3 is 0 Å². The van der Waals surface area contributed by atoms with Crippen LogP contribution in [0.3, 0.4) is 0 Å². The number of methoxy groups -OCH3 is 3. The van der Waals surface area contributed by atoms with Gasteiger partial charge in [-0.2, -0.15) is 0 Å². The number of hydrogen-bond donors (Lipinski definition) is 3. The van der Waals surface area contributed by atoms with Crippen molar-refractivity contribution in [2.45, 2.75) is 95.4 Å². The Labute approximate surface area is 584 Å². The minimum absolute atomic E-state index is 0.00617. The first kappa shape index (κ1) is 66.7. The third-order valence-corrected chi connectivity index (χ3v) is 20.4. The van der Waals surface area contributed by atoms with Gasteiger partial charge in [-0.1, -0.05) is 160 Å². The number of hydrogen-bond acceptors (Lipinski definition) is 11. The molecular weight excluding hydrogens is 1240 g/mol. The molecule has 5 atom stereocenters. The molecule has 0 radical (unpaired) electrons. The molecule has 3 N–H and O–H groups in total. The zero-order valence-corrected chi connectivity index (χ0v) is 58.1. The van der Waals surface area contributed by atoms with Crippen LogP contribution in [0.2, 0.25) is 0 Å². The standard InChI is InChI=1S/C40H34O4.C33H30O4.C16H20O3/c1-4-40(2,41)23-43-27-16-18-29-25(22-27)14-20-35-38(29)39(36-32-11-7-5-9-30(32)31-10-6-8-12-33(31)36)37-28-17-15-26(42-3)21-24(28)13-19-34(37)44-35;1-4-33(2,34)20-36-25-13-15-27-23(19-25)11-17-29-32(27)30(21-8-6-5-7-9-21)31-26-14-12-24(35-3)18-22(26)10-16-28(31)37-29;1-4-16(2,17)11-19-15-8-6-12-9-14(18-3)7-5-13(12)10-15/h5-22,36,39,41H,4,23H2,1-3H3;5-19,30,34H,4,20H2,1-3H3;5-10,17H,4,11H2,1-3H3. The molecule has 0 amide bonds. The van der Waals surface area contributed by atoms with Gasteiger partial charge in [0.25, 0.3) is 0 Å². The van der Waals surface area contributed by atoms with E-state index >= 15 is 0 Å². The van der Waals surface area contributed by atoms with Crippen molar-refractivity contribution in [3.05, 3.63) is 276 Å². The summed E-state index contributed by atoms with van der Waals surface area (Å²) < 4.78 is 47.3.